The summed E-state index contributed by atoms with van der Waals surface area (Å²) in [5.74, 6) is -2.11. The molecule has 0 amide bonds. The molecule has 2 heterocycles. The van der Waals surface area contributed by atoms with Crippen LogP contribution >= 0.6 is 11.6 Å². The van der Waals surface area contributed by atoms with Gasteiger partial charge in [0.2, 0.25) is 5.88 Å². The zero-order valence-corrected chi connectivity index (χ0v) is 10.2. The number of nitrogens with zero attached hydrogens (tertiary/aromatic N) is 1. The lowest BCUT2D eigenvalue weighted by Crippen LogP contribution is -2.50. The van der Waals surface area contributed by atoms with Gasteiger partial charge >= 0.3 is 12.1 Å². The van der Waals surface area contributed by atoms with E-state index in [-0.39, 0.29) is 6.10 Å². The predicted octanol–water partition coefficient (Wildman–Crippen LogP) is 1.72. The summed E-state index contributed by atoms with van der Waals surface area (Å²) < 4.78 is 37.2. The van der Waals surface area contributed by atoms with Crippen molar-refractivity contribution in [2.45, 2.75) is 12.3 Å². The Kier molecular flexibility index (Phi) is 5.37. The van der Waals surface area contributed by atoms with E-state index in [0.29, 0.717) is 10.9 Å². The average molecular weight is 299 g/mol. The Labute approximate surface area is 111 Å². The molecule has 1 fully saturated rings. The molecule has 0 unspecified atom stereocenters. The molecule has 5 nitrogen and oxygen atoms in total. The van der Waals surface area contributed by atoms with E-state index in [2.05, 4.69) is 10.3 Å². The first-order valence-electron chi connectivity index (χ1n) is 5.08. The number of alkyl halides is 3. The van der Waals surface area contributed by atoms with Gasteiger partial charge in [-0.2, -0.15) is 13.2 Å². The molecule has 0 aliphatic carbocycles. The molecule has 0 saturated carbocycles. The van der Waals surface area contributed by atoms with E-state index >= 15 is 0 Å². The van der Waals surface area contributed by atoms with Crippen molar-refractivity contribution < 1.29 is 27.8 Å². The number of rotatable bonds is 2. The van der Waals surface area contributed by atoms with E-state index in [0.717, 1.165) is 13.1 Å². The van der Waals surface area contributed by atoms with E-state index in [4.69, 9.17) is 26.2 Å². The molecule has 9 heteroatoms. The number of hydrogen-bond acceptors (Lipinski definition) is 4. The van der Waals surface area contributed by atoms with E-state index in [1.807, 2.05) is 0 Å². The summed E-state index contributed by atoms with van der Waals surface area (Å²) in [4.78, 5) is 12.9. The Morgan fingerprint density at radius 3 is 2.37 bits per heavy atom. The zero-order chi connectivity index (χ0) is 14.5. The highest BCUT2D eigenvalue weighted by Gasteiger charge is 2.38. The number of nitrogens with one attached hydrogen (secondary N) is 1. The fraction of sp³-hybridized carbons (Fsp3) is 0.400. The summed E-state index contributed by atoms with van der Waals surface area (Å²) in [6.45, 7) is 1.81. The van der Waals surface area contributed by atoms with Crippen LogP contribution in [0.25, 0.3) is 0 Å². The van der Waals surface area contributed by atoms with Crippen LogP contribution in [0.3, 0.4) is 0 Å². The third-order valence-electron chi connectivity index (χ3n) is 1.97. The van der Waals surface area contributed by atoms with Crippen molar-refractivity contribution in [2.24, 2.45) is 0 Å². The Hall–Kier alpha value is -1.54. The second kappa shape index (κ2) is 6.58. The van der Waals surface area contributed by atoms with Crippen LogP contribution in [0, 0.1) is 0 Å². The van der Waals surface area contributed by atoms with E-state index in [1.165, 1.54) is 0 Å². The predicted molar refractivity (Wildman–Crippen MR) is 60.2 cm³/mol. The molecule has 1 aromatic rings. The van der Waals surface area contributed by atoms with Crippen LogP contribution in [-0.4, -0.2) is 41.4 Å². The third-order valence-corrected chi connectivity index (χ3v) is 2.20. The second-order valence-electron chi connectivity index (χ2n) is 3.52. The van der Waals surface area contributed by atoms with Gasteiger partial charge in [0, 0.05) is 25.4 Å². The molecule has 0 atom stereocenters. The Morgan fingerprint density at radius 1 is 1.47 bits per heavy atom. The van der Waals surface area contributed by atoms with Crippen LogP contribution in [0.1, 0.15) is 0 Å². The number of aromatic nitrogens is 1. The zero-order valence-electron chi connectivity index (χ0n) is 9.45. The summed E-state index contributed by atoms with van der Waals surface area (Å²) >= 11 is 5.67. The van der Waals surface area contributed by atoms with Crippen LogP contribution in [0.2, 0.25) is 5.02 Å². The molecular weight excluding hydrogens is 289 g/mol. The van der Waals surface area contributed by atoms with Crippen LogP contribution in [0.15, 0.2) is 18.3 Å². The second-order valence-corrected chi connectivity index (χ2v) is 3.95. The van der Waals surface area contributed by atoms with Crippen LogP contribution in [0.4, 0.5) is 13.2 Å². The lowest BCUT2D eigenvalue weighted by molar-refractivity contribution is -0.192. The highest BCUT2D eigenvalue weighted by molar-refractivity contribution is 6.30. The maximum Gasteiger partial charge on any atom is 0.490 e. The van der Waals surface area contributed by atoms with Gasteiger partial charge in [0.25, 0.3) is 0 Å². The minimum atomic E-state index is -5.08. The first-order valence-corrected chi connectivity index (χ1v) is 5.46. The SMILES string of the molecule is Clc1ccc(OC2CNC2)nc1.O=C(O)C(F)(F)F. The molecule has 0 radical (unpaired) electrons. The highest BCUT2D eigenvalue weighted by atomic mass is 35.5. The molecule has 0 bridgehead atoms. The summed E-state index contributed by atoms with van der Waals surface area (Å²) in [6.07, 6.45) is -3.22. The van der Waals surface area contributed by atoms with Gasteiger partial charge in [-0.3, -0.25) is 0 Å². The largest absolute Gasteiger partial charge is 0.490 e. The molecule has 0 aromatic carbocycles. The Bertz CT molecular complexity index is 421. The van der Waals surface area contributed by atoms with Crippen molar-refractivity contribution in [1.29, 1.82) is 0 Å². The van der Waals surface area contributed by atoms with Crippen molar-refractivity contribution in [3.8, 4) is 5.88 Å². The standard InChI is InChI=1S/C8H9ClN2O.C2HF3O2/c9-6-1-2-8(11-3-6)12-7-4-10-5-7;3-2(4,5)1(6)7/h1-3,7,10H,4-5H2;(H,6,7). The first-order chi connectivity index (χ1) is 8.79. The summed E-state index contributed by atoms with van der Waals surface area (Å²) in [7, 11) is 0. The monoisotopic (exact) mass is 298 g/mol. The number of carbonyl (C=O) groups is 1. The van der Waals surface area contributed by atoms with Gasteiger partial charge in [0.1, 0.15) is 6.10 Å². The minimum Gasteiger partial charge on any atom is -0.475 e. The normalized spacial score (nSPS) is 14.9. The molecule has 0 spiro atoms. The molecule has 106 valence electrons. The van der Waals surface area contributed by atoms with Gasteiger partial charge in [-0.05, 0) is 6.07 Å². The molecule has 1 aliphatic heterocycles. The summed E-state index contributed by atoms with van der Waals surface area (Å²) in [5.41, 5.74) is 0. The third kappa shape index (κ3) is 5.75. The number of halogens is 4. The van der Waals surface area contributed by atoms with Gasteiger partial charge < -0.3 is 15.2 Å². The molecule has 2 N–H and O–H groups in total. The molecule has 1 aliphatic rings. The van der Waals surface area contributed by atoms with Crippen molar-refractivity contribution >= 4 is 17.6 Å². The van der Waals surface area contributed by atoms with Gasteiger partial charge in [-0.1, -0.05) is 11.6 Å². The summed E-state index contributed by atoms with van der Waals surface area (Å²) in [6, 6.07) is 3.55. The fourth-order valence-electron chi connectivity index (χ4n) is 0.948. The number of pyridine rings is 1. The topological polar surface area (TPSA) is 71.5 Å². The lowest BCUT2D eigenvalue weighted by Gasteiger charge is -2.27. The number of carboxylic acids is 1. The maximum atomic E-state index is 10.6. The van der Waals surface area contributed by atoms with Crippen LogP contribution < -0.4 is 10.1 Å². The fourth-order valence-corrected chi connectivity index (χ4v) is 1.06. The Morgan fingerprint density at radius 2 is 2.05 bits per heavy atom. The van der Waals surface area contributed by atoms with Gasteiger partial charge in [-0.15, -0.1) is 0 Å². The van der Waals surface area contributed by atoms with Crippen molar-refractivity contribution in [2.75, 3.05) is 13.1 Å². The smallest absolute Gasteiger partial charge is 0.475 e. The number of aliphatic carboxylic acids is 1. The van der Waals surface area contributed by atoms with Crippen molar-refractivity contribution in [1.82, 2.24) is 10.3 Å². The molecule has 2 rings (SSSR count). The Balaban J connectivity index is 0.000000224. The quantitative estimate of drug-likeness (QED) is 0.870. The molecule has 1 saturated heterocycles. The van der Waals surface area contributed by atoms with Crippen LogP contribution in [0.5, 0.6) is 5.88 Å². The van der Waals surface area contributed by atoms with Crippen LogP contribution in [-0.2, 0) is 4.79 Å². The maximum absolute atomic E-state index is 10.6. The number of carboxylic acid groups (broad SMARTS) is 1. The molecular formula is C10H10ClF3N2O3. The lowest BCUT2D eigenvalue weighted by atomic mass is 10.2. The van der Waals surface area contributed by atoms with Gasteiger partial charge in [0.15, 0.2) is 0 Å². The number of hydrogen-bond donors (Lipinski definition) is 2. The van der Waals surface area contributed by atoms with E-state index in [1.54, 1.807) is 18.3 Å². The molecule has 1 aromatic heterocycles. The van der Waals surface area contributed by atoms with Crippen molar-refractivity contribution in [3.05, 3.63) is 23.4 Å². The average Bonchev–Trinajstić information content (AvgIpc) is 2.25. The van der Waals surface area contributed by atoms with E-state index in [9.17, 15) is 13.2 Å². The highest BCUT2D eigenvalue weighted by Crippen LogP contribution is 2.14. The van der Waals surface area contributed by atoms with Gasteiger partial charge in [-0.25, -0.2) is 9.78 Å². The van der Waals surface area contributed by atoms with Crippen molar-refractivity contribution in [3.63, 3.8) is 0 Å². The van der Waals surface area contributed by atoms with E-state index < -0.39 is 12.1 Å². The summed E-state index contributed by atoms with van der Waals surface area (Å²) in [5, 5.41) is 10.9. The van der Waals surface area contributed by atoms with Gasteiger partial charge in [0.05, 0.1) is 5.02 Å². The number of ether oxygens (including phenoxy) is 1. The first kappa shape index (κ1) is 15.5. The molecule has 19 heavy (non-hydrogen) atoms. The minimum absolute atomic E-state index is 0.277.